The van der Waals surface area contributed by atoms with E-state index in [1.165, 1.54) is 0 Å². The first-order valence-electron chi connectivity index (χ1n) is 13.6. The van der Waals surface area contributed by atoms with Crippen LogP contribution in [0.4, 0.5) is 53.1 Å². The number of phenols is 1. The molecule has 5 aromatic rings. The number of nitrogens with zero attached hydrogens (tertiary/aromatic N) is 6. The number of azo groups is 2. The number of rotatable bonds is 10. The van der Waals surface area contributed by atoms with Gasteiger partial charge in [-0.2, -0.15) is 57.5 Å². The summed E-state index contributed by atoms with van der Waals surface area (Å²) in [5, 5.41) is 26.4. The van der Waals surface area contributed by atoms with E-state index in [1.807, 2.05) is 0 Å². The average molecular weight is 835 g/mol. The molecule has 0 saturated carbocycles. The highest BCUT2D eigenvalue weighted by Crippen LogP contribution is 2.48. The second kappa shape index (κ2) is 13.9. The van der Waals surface area contributed by atoms with E-state index in [0.717, 1.165) is 24.3 Å². The van der Waals surface area contributed by atoms with Crippen molar-refractivity contribution in [3.63, 3.8) is 0 Å². The molecule has 8 N–H and O–H groups in total. The number of nitrogens with two attached hydrogens (primary N) is 1. The first kappa shape index (κ1) is 39.5. The van der Waals surface area contributed by atoms with Crippen LogP contribution in [0, 0.1) is 17.8 Å². The van der Waals surface area contributed by atoms with Crippen LogP contribution in [0.3, 0.4) is 0 Å². The maximum atomic E-state index is 14.3. The summed E-state index contributed by atoms with van der Waals surface area (Å²) in [5.74, 6) is -4.62. The van der Waals surface area contributed by atoms with Crippen LogP contribution in [0.2, 0.25) is 0 Å². The predicted molar refractivity (Wildman–Crippen MR) is 176 cm³/mol. The topological polar surface area (TPSA) is 351 Å². The molecule has 0 saturated heterocycles. The van der Waals surface area contributed by atoms with Gasteiger partial charge in [-0.15, -0.1) is 15.3 Å². The van der Waals surface area contributed by atoms with Crippen LogP contribution in [0.1, 0.15) is 0 Å². The van der Waals surface area contributed by atoms with Gasteiger partial charge in [-0.3, -0.25) is 18.2 Å². The predicted octanol–water partition coefficient (Wildman–Crippen LogP) is 4.90. The molecule has 1 heterocycles. The molecule has 284 valence electrons. The number of anilines is 3. The van der Waals surface area contributed by atoms with Crippen LogP contribution in [0.25, 0.3) is 10.8 Å². The van der Waals surface area contributed by atoms with Crippen molar-refractivity contribution < 1.29 is 70.2 Å². The third-order valence-electron chi connectivity index (χ3n) is 6.76. The summed E-state index contributed by atoms with van der Waals surface area (Å²) in [6, 6.07) is 5.95. The number of hydrogen-bond acceptors (Lipinski definition) is 17. The van der Waals surface area contributed by atoms with Gasteiger partial charge >= 0.3 is 6.08 Å². The van der Waals surface area contributed by atoms with Crippen molar-refractivity contribution in [3.8, 4) is 5.75 Å². The summed E-state index contributed by atoms with van der Waals surface area (Å²) < 4.78 is 176. The molecular formula is C26H17F3N8O13S4. The van der Waals surface area contributed by atoms with E-state index in [9.17, 15) is 65.6 Å². The molecule has 0 aliphatic heterocycles. The maximum absolute atomic E-state index is 14.3. The minimum Gasteiger partial charge on any atom is -0.505 e. The van der Waals surface area contributed by atoms with Crippen molar-refractivity contribution in [2.24, 2.45) is 20.5 Å². The maximum Gasteiger partial charge on any atom is 0.313 e. The molecule has 1 aromatic heterocycles. The third kappa shape index (κ3) is 8.39. The highest BCUT2D eigenvalue weighted by Gasteiger charge is 2.28. The second-order valence-electron chi connectivity index (χ2n) is 10.4. The Bertz CT molecular complexity index is 2910. The first-order valence-corrected chi connectivity index (χ1v) is 19.4. The zero-order chi connectivity index (χ0) is 40.1. The van der Waals surface area contributed by atoms with Crippen molar-refractivity contribution in [2.75, 3.05) is 11.1 Å². The Hall–Kier alpha value is -5.75. The normalized spacial score (nSPS) is 12.9. The lowest BCUT2D eigenvalue weighted by atomic mass is 10.1. The number of aromatic hydroxyl groups is 1. The highest BCUT2D eigenvalue weighted by molar-refractivity contribution is 7.86. The lowest BCUT2D eigenvalue weighted by Crippen LogP contribution is -2.04. The SMILES string of the molecule is Nc1c(/N=N/c2ccc(S(=O)(=O)O)c(F)c2)c(S(=O)(=O)O)cc2cc(S(=O)(=O)O)c(/N=N/c3cc(Nc4cc(F)nc(F)n4)ccc3S(=O)(=O)O)c(O)c12. The van der Waals surface area contributed by atoms with Gasteiger partial charge in [0.15, 0.2) is 5.75 Å². The van der Waals surface area contributed by atoms with Crippen LogP contribution in [0.15, 0.2) is 94.6 Å². The number of aromatic nitrogens is 2. The molecule has 0 amide bonds. The molecule has 28 heteroatoms. The van der Waals surface area contributed by atoms with Crippen LogP contribution >= 0.6 is 0 Å². The van der Waals surface area contributed by atoms with E-state index in [-0.39, 0.29) is 5.69 Å². The van der Waals surface area contributed by atoms with Crippen LogP contribution < -0.4 is 11.1 Å². The molecule has 0 spiro atoms. The molecule has 0 bridgehead atoms. The molecule has 4 aromatic carbocycles. The summed E-state index contributed by atoms with van der Waals surface area (Å²) in [6.45, 7) is 0. The molecule has 21 nitrogen and oxygen atoms in total. The van der Waals surface area contributed by atoms with E-state index < -0.39 is 129 Å². The largest absolute Gasteiger partial charge is 0.505 e. The van der Waals surface area contributed by atoms with Gasteiger partial charge in [0.05, 0.1) is 16.8 Å². The number of halogens is 3. The lowest BCUT2D eigenvalue weighted by molar-refractivity contribution is 0.471. The van der Waals surface area contributed by atoms with Gasteiger partial charge in [0, 0.05) is 17.8 Å². The van der Waals surface area contributed by atoms with Gasteiger partial charge in [-0.25, -0.2) is 4.39 Å². The van der Waals surface area contributed by atoms with E-state index in [4.69, 9.17) is 10.3 Å². The Morgan fingerprint density at radius 1 is 0.630 bits per heavy atom. The van der Waals surface area contributed by atoms with Crippen LogP contribution in [0.5, 0.6) is 5.75 Å². The molecule has 0 atom stereocenters. The summed E-state index contributed by atoms with van der Waals surface area (Å²) in [6.07, 6.45) is -1.49. The number of benzene rings is 4. The van der Waals surface area contributed by atoms with Crippen molar-refractivity contribution in [1.82, 2.24) is 9.97 Å². The Labute approximate surface area is 299 Å². The fourth-order valence-corrected chi connectivity index (χ4v) is 7.05. The standard InChI is InChI=1S/C26H17F3N8O13S4/c27-13-7-12(2-3-15(13)51(39,40)41)34-36-23-17(53(45,46)47)5-10-6-18(54(48,49)50)24(25(38)21(10)22(23)30)37-35-14-8-11(1-4-16(14)52(42,43)44)31-20-9-19(28)32-26(29)33-20/h1-9,38H,30H2,(H,31,32,33)(H,39,40,41)(H,42,43,44)(H,45,46,47)(H,48,49,50)/b36-34+,37-35+. The number of nitrogen functional groups attached to an aromatic ring is 1. The fraction of sp³-hybridized carbons (Fsp3) is 0. The molecule has 0 aliphatic carbocycles. The van der Waals surface area contributed by atoms with E-state index in [1.54, 1.807) is 0 Å². The Morgan fingerprint density at radius 3 is 1.74 bits per heavy atom. The lowest BCUT2D eigenvalue weighted by Gasteiger charge is -2.14. The Balaban J connectivity index is 1.72. The summed E-state index contributed by atoms with van der Waals surface area (Å²) in [7, 11) is -20.9. The monoisotopic (exact) mass is 834 g/mol. The fourth-order valence-electron chi connectivity index (χ4n) is 4.57. The number of phenolic OH excluding ortho intramolecular Hbond substituents is 1. The summed E-state index contributed by atoms with van der Waals surface area (Å²) in [5.41, 5.74) is 1.46. The van der Waals surface area contributed by atoms with E-state index >= 15 is 0 Å². The minimum absolute atomic E-state index is 0.212. The number of nitrogens with one attached hydrogen (secondary N) is 1. The van der Waals surface area contributed by atoms with Crippen molar-refractivity contribution in [3.05, 3.63) is 72.4 Å². The average Bonchev–Trinajstić information content (AvgIpc) is 3.01. The van der Waals surface area contributed by atoms with E-state index in [2.05, 4.69) is 35.7 Å². The third-order valence-corrected chi connectivity index (χ3v) is 10.3. The minimum atomic E-state index is -5.45. The zero-order valence-corrected chi connectivity index (χ0v) is 29.0. The Morgan fingerprint density at radius 2 is 1.19 bits per heavy atom. The molecule has 0 unspecified atom stereocenters. The molecule has 0 fully saturated rings. The number of hydrogen-bond donors (Lipinski definition) is 7. The summed E-state index contributed by atoms with van der Waals surface area (Å²) >= 11 is 0. The van der Waals surface area contributed by atoms with Crippen LogP contribution in [-0.2, 0) is 40.5 Å². The number of fused-ring (bicyclic) bond motifs is 1. The van der Waals surface area contributed by atoms with Gasteiger partial charge in [0.25, 0.3) is 40.5 Å². The van der Waals surface area contributed by atoms with Gasteiger partial charge in [0.1, 0.15) is 48.3 Å². The van der Waals surface area contributed by atoms with Crippen molar-refractivity contribution in [1.29, 1.82) is 0 Å². The summed E-state index contributed by atoms with van der Waals surface area (Å²) in [4.78, 5) is 1.43. The van der Waals surface area contributed by atoms with Crippen molar-refractivity contribution in [2.45, 2.75) is 19.6 Å². The highest BCUT2D eigenvalue weighted by atomic mass is 32.2. The van der Waals surface area contributed by atoms with Gasteiger partial charge in [-0.1, -0.05) is 0 Å². The molecule has 0 aliphatic rings. The molecular weight excluding hydrogens is 818 g/mol. The quantitative estimate of drug-likeness (QED) is 0.0323. The molecule has 54 heavy (non-hydrogen) atoms. The Kier molecular flexibility index (Phi) is 10.2. The van der Waals surface area contributed by atoms with Crippen LogP contribution in [-0.4, -0.2) is 67.0 Å². The van der Waals surface area contributed by atoms with Crippen molar-refractivity contribution >= 4 is 91.2 Å². The second-order valence-corrected chi connectivity index (χ2v) is 15.9. The first-order chi connectivity index (χ1) is 24.8. The van der Waals surface area contributed by atoms with Gasteiger partial charge in [-0.05, 0) is 47.9 Å². The van der Waals surface area contributed by atoms with E-state index in [0.29, 0.717) is 30.3 Å². The smallest absolute Gasteiger partial charge is 0.313 e. The van der Waals surface area contributed by atoms with Gasteiger partial charge < -0.3 is 16.2 Å². The molecule has 5 rings (SSSR count). The zero-order valence-electron chi connectivity index (χ0n) is 25.7. The van der Waals surface area contributed by atoms with Gasteiger partial charge in [0.2, 0.25) is 5.95 Å². The molecule has 0 radical (unpaired) electrons.